The fourth-order valence-corrected chi connectivity index (χ4v) is 4.77. The lowest BCUT2D eigenvalue weighted by atomic mass is 9.88. The summed E-state index contributed by atoms with van der Waals surface area (Å²) in [6.45, 7) is 5.72. The summed E-state index contributed by atoms with van der Waals surface area (Å²) in [6, 6.07) is -0.267. The number of likely N-dealkylation sites (N-methyl/N-ethyl adjacent to an activating group) is 1. The predicted octanol–water partition coefficient (Wildman–Crippen LogP) is 1.84. The number of aryl methyl sites for hydroxylation is 1. The van der Waals surface area contributed by atoms with Gasteiger partial charge in [0.1, 0.15) is 0 Å². The van der Waals surface area contributed by atoms with Crippen LogP contribution in [0, 0.1) is 11.8 Å². The third-order valence-electron chi connectivity index (χ3n) is 6.92. The molecule has 1 N–H and O–H groups in total. The molecule has 3 rings (SSSR count). The summed E-state index contributed by atoms with van der Waals surface area (Å²) < 4.78 is 8.11. The van der Waals surface area contributed by atoms with Gasteiger partial charge in [-0.15, -0.1) is 5.10 Å². The lowest BCUT2D eigenvalue weighted by Crippen LogP contribution is -2.48. The van der Waals surface area contributed by atoms with Crippen LogP contribution in [-0.4, -0.2) is 80.6 Å². The van der Waals surface area contributed by atoms with Crippen molar-refractivity contribution in [2.45, 2.75) is 84.1 Å². The number of hydrogen-bond donors (Lipinski definition) is 1. The maximum Gasteiger partial charge on any atom is 0.225 e. The minimum absolute atomic E-state index is 0.0155. The average molecular weight is 450 g/mol. The number of rotatable bonds is 5. The topological polar surface area (TPSA) is 101 Å². The molecule has 180 valence electrons. The smallest absolute Gasteiger partial charge is 0.225 e. The normalized spacial score (nSPS) is 24.9. The first-order chi connectivity index (χ1) is 15.4. The molecule has 1 saturated carbocycles. The maximum absolute atomic E-state index is 13.0. The highest BCUT2D eigenvalue weighted by molar-refractivity contribution is 5.78. The summed E-state index contributed by atoms with van der Waals surface area (Å²) in [4.78, 5) is 29.5. The first-order valence-corrected chi connectivity index (χ1v) is 12.0. The quantitative estimate of drug-likeness (QED) is 0.736. The number of nitrogens with zero attached hydrogens (tertiary/aromatic N) is 5. The fourth-order valence-electron chi connectivity index (χ4n) is 4.77. The molecule has 0 aromatic carbocycles. The minimum Gasteiger partial charge on any atom is -0.394 e. The molecular weight excluding hydrogens is 410 g/mol. The van der Waals surface area contributed by atoms with Gasteiger partial charge in [0.2, 0.25) is 11.8 Å². The van der Waals surface area contributed by atoms with Crippen molar-refractivity contribution < 1.29 is 19.4 Å². The molecule has 1 fully saturated rings. The van der Waals surface area contributed by atoms with E-state index in [1.54, 1.807) is 20.7 Å². The van der Waals surface area contributed by atoms with E-state index in [0.717, 1.165) is 31.4 Å². The standard InChI is InChI=1S/C23H39N5O4/c1-17-13-27(18(2)15-29)22(30)10-7-11-28-20(12-24-25-28)16-32-21(17)14-26(3)23(31)19-8-5-4-6-9-19/h12,17-19,21,29H,4-11,13-16H2,1-3H3/t17-,18-,21+/m0/s1. The maximum atomic E-state index is 13.0. The van der Waals surface area contributed by atoms with E-state index in [0.29, 0.717) is 39.1 Å². The molecule has 32 heavy (non-hydrogen) atoms. The molecule has 2 heterocycles. The molecule has 1 aliphatic carbocycles. The van der Waals surface area contributed by atoms with Gasteiger partial charge in [0, 0.05) is 44.9 Å². The van der Waals surface area contributed by atoms with E-state index < -0.39 is 0 Å². The van der Waals surface area contributed by atoms with Crippen LogP contribution in [0.25, 0.3) is 0 Å². The number of ether oxygens (including phenoxy) is 1. The SMILES string of the molecule is C[C@H]1CN([C@@H](C)CO)C(=O)CCCn2nncc2CO[C@@H]1CN(C)C(=O)C1CCCCC1. The second-order valence-corrected chi connectivity index (χ2v) is 9.51. The Labute approximate surface area is 191 Å². The van der Waals surface area contributed by atoms with Crippen molar-refractivity contribution in [3.63, 3.8) is 0 Å². The van der Waals surface area contributed by atoms with Gasteiger partial charge >= 0.3 is 0 Å². The zero-order valence-electron chi connectivity index (χ0n) is 19.8. The molecule has 2 aliphatic rings. The number of amides is 2. The van der Waals surface area contributed by atoms with Crippen molar-refractivity contribution in [2.75, 3.05) is 26.7 Å². The van der Waals surface area contributed by atoms with Crippen LogP contribution in [0.2, 0.25) is 0 Å². The number of hydrogen-bond acceptors (Lipinski definition) is 6. The molecule has 2 amide bonds. The minimum atomic E-state index is -0.267. The van der Waals surface area contributed by atoms with E-state index in [9.17, 15) is 14.7 Å². The molecule has 0 saturated heterocycles. The second kappa shape index (κ2) is 11.7. The van der Waals surface area contributed by atoms with Crippen LogP contribution in [0.1, 0.15) is 64.5 Å². The summed E-state index contributed by atoms with van der Waals surface area (Å²) in [6.07, 6.45) is 7.87. The van der Waals surface area contributed by atoms with Gasteiger partial charge < -0.3 is 19.6 Å². The van der Waals surface area contributed by atoms with Crippen LogP contribution in [0.4, 0.5) is 0 Å². The first-order valence-electron chi connectivity index (χ1n) is 12.0. The monoisotopic (exact) mass is 449 g/mol. The molecule has 9 nitrogen and oxygen atoms in total. The Bertz CT molecular complexity index is 749. The summed E-state index contributed by atoms with van der Waals surface area (Å²) >= 11 is 0. The van der Waals surface area contributed by atoms with Crippen molar-refractivity contribution in [3.8, 4) is 0 Å². The molecule has 9 heteroatoms. The molecule has 0 bridgehead atoms. The lowest BCUT2D eigenvalue weighted by molar-refractivity contribution is -0.140. The van der Waals surface area contributed by atoms with Gasteiger partial charge in [0.15, 0.2) is 0 Å². The highest BCUT2D eigenvalue weighted by Gasteiger charge is 2.31. The van der Waals surface area contributed by atoms with Crippen molar-refractivity contribution in [3.05, 3.63) is 11.9 Å². The van der Waals surface area contributed by atoms with E-state index in [1.807, 2.05) is 14.0 Å². The van der Waals surface area contributed by atoms with Crippen molar-refractivity contribution >= 4 is 11.8 Å². The number of aliphatic hydroxyl groups excluding tert-OH is 1. The Kier molecular flexibility index (Phi) is 9.04. The molecule has 0 radical (unpaired) electrons. The largest absolute Gasteiger partial charge is 0.394 e. The predicted molar refractivity (Wildman–Crippen MR) is 119 cm³/mol. The Morgan fingerprint density at radius 3 is 2.78 bits per heavy atom. The van der Waals surface area contributed by atoms with Crippen molar-refractivity contribution in [1.82, 2.24) is 24.8 Å². The molecule has 1 aromatic rings. The van der Waals surface area contributed by atoms with Crippen molar-refractivity contribution in [2.24, 2.45) is 11.8 Å². The van der Waals surface area contributed by atoms with Gasteiger partial charge in [-0.3, -0.25) is 9.59 Å². The Hall–Kier alpha value is -2.00. The fraction of sp³-hybridized carbons (Fsp3) is 0.826. The number of aliphatic hydroxyl groups is 1. The van der Waals surface area contributed by atoms with Crippen LogP contribution < -0.4 is 0 Å². The zero-order chi connectivity index (χ0) is 23.1. The van der Waals surface area contributed by atoms with Crippen LogP contribution in [0.5, 0.6) is 0 Å². The van der Waals surface area contributed by atoms with Gasteiger partial charge in [0.25, 0.3) is 0 Å². The van der Waals surface area contributed by atoms with E-state index >= 15 is 0 Å². The average Bonchev–Trinajstić information content (AvgIpc) is 3.25. The highest BCUT2D eigenvalue weighted by Crippen LogP contribution is 2.26. The van der Waals surface area contributed by atoms with Gasteiger partial charge in [0.05, 0.1) is 37.3 Å². The zero-order valence-corrected chi connectivity index (χ0v) is 19.8. The Morgan fingerprint density at radius 2 is 2.06 bits per heavy atom. The van der Waals surface area contributed by atoms with E-state index in [4.69, 9.17) is 4.74 Å². The number of aromatic nitrogens is 3. The summed E-state index contributed by atoms with van der Waals surface area (Å²) in [5, 5.41) is 17.8. The van der Waals surface area contributed by atoms with E-state index in [-0.39, 0.29) is 42.4 Å². The first kappa shape index (κ1) is 24.6. The number of carbonyl (C=O) groups excluding carboxylic acids is 2. The van der Waals surface area contributed by atoms with E-state index in [1.165, 1.54) is 6.42 Å². The second-order valence-electron chi connectivity index (χ2n) is 9.51. The van der Waals surface area contributed by atoms with Gasteiger partial charge in [-0.05, 0) is 26.2 Å². The molecule has 3 atom stereocenters. The molecule has 0 spiro atoms. The van der Waals surface area contributed by atoms with Crippen LogP contribution in [0.3, 0.4) is 0 Å². The van der Waals surface area contributed by atoms with E-state index in [2.05, 4.69) is 17.2 Å². The highest BCUT2D eigenvalue weighted by atomic mass is 16.5. The Balaban J connectivity index is 1.77. The Morgan fingerprint density at radius 1 is 1.31 bits per heavy atom. The summed E-state index contributed by atoms with van der Waals surface area (Å²) in [5.41, 5.74) is 0.872. The van der Waals surface area contributed by atoms with Gasteiger partial charge in [-0.25, -0.2) is 4.68 Å². The molecule has 1 aliphatic heterocycles. The van der Waals surface area contributed by atoms with Gasteiger partial charge in [-0.1, -0.05) is 31.4 Å². The number of fused-ring (bicyclic) bond motifs is 1. The molecule has 1 aromatic heterocycles. The van der Waals surface area contributed by atoms with Crippen LogP contribution in [0.15, 0.2) is 6.20 Å². The molecular formula is C23H39N5O4. The summed E-state index contributed by atoms with van der Waals surface area (Å²) in [5.74, 6) is 0.299. The number of carbonyl (C=O) groups is 2. The van der Waals surface area contributed by atoms with Crippen molar-refractivity contribution in [1.29, 1.82) is 0 Å². The third kappa shape index (κ3) is 6.28. The van der Waals surface area contributed by atoms with Crippen LogP contribution in [-0.2, 0) is 27.5 Å². The lowest BCUT2D eigenvalue weighted by Gasteiger charge is -2.36. The van der Waals surface area contributed by atoms with Crippen LogP contribution >= 0.6 is 0 Å². The van der Waals surface area contributed by atoms with Gasteiger partial charge in [-0.2, -0.15) is 0 Å². The molecule has 0 unspecified atom stereocenters. The summed E-state index contributed by atoms with van der Waals surface area (Å²) in [7, 11) is 1.86. The third-order valence-corrected chi connectivity index (χ3v) is 6.92.